The minimum absolute atomic E-state index is 0. The van der Waals surface area contributed by atoms with Crippen molar-refractivity contribution in [2.75, 3.05) is 0 Å². The van der Waals surface area contributed by atoms with Gasteiger partial charge >= 0.3 is 5.97 Å². The second-order valence-electron chi connectivity index (χ2n) is 5.69. The van der Waals surface area contributed by atoms with Gasteiger partial charge in [0.05, 0.1) is 5.92 Å². The Labute approximate surface area is 155 Å². The van der Waals surface area contributed by atoms with Gasteiger partial charge in [-0.15, -0.1) is 0 Å². The zero-order valence-corrected chi connectivity index (χ0v) is 15.2. The summed E-state index contributed by atoms with van der Waals surface area (Å²) in [4.78, 5) is 21.1. The molecule has 1 radical (unpaired) electrons. The molecule has 0 aromatic carbocycles. The molecule has 0 heterocycles. The first-order chi connectivity index (χ1) is 9.40. The van der Waals surface area contributed by atoms with Crippen molar-refractivity contribution in [3.8, 4) is 0 Å². The molecule has 0 aromatic rings. The molecule has 2 rings (SSSR count). The van der Waals surface area contributed by atoms with Crippen molar-refractivity contribution in [3.05, 3.63) is 23.3 Å². The van der Waals surface area contributed by atoms with E-state index in [0.29, 0.717) is 0 Å². The number of rotatable bonds is 2. The van der Waals surface area contributed by atoms with Gasteiger partial charge in [0.25, 0.3) is 0 Å². The van der Waals surface area contributed by atoms with Gasteiger partial charge in [0.1, 0.15) is 0 Å². The maximum atomic E-state index is 10.6. The van der Waals surface area contributed by atoms with Crippen LogP contribution in [0.2, 0.25) is 0 Å². The first kappa shape index (κ1) is 27.3. The van der Waals surface area contributed by atoms with Crippen molar-refractivity contribution < 1.29 is 38.0 Å². The quantitative estimate of drug-likeness (QED) is 0.531. The molecule has 1 N–H and O–H groups in total. The minimum Gasteiger partial charge on any atom is -0.481 e. The van der Waals surface area contributed by atoms with Crippen LogP contribution in [0.5, 0.6) is 0 Å². The Balaban J connectivity index is -0.000000308. The maximum Gasteiger partial charge on any atom is 0.306 e. The van der Waals surface area contributed by atoms with Crippen molar-refractivity contribution in [2.24, 2.45) is 11.8 Å². The Bertz CT molecular complexity index is 396. The Morgan fingerprint density at radius 1 is 1.04 bits per heavy atom. The van der Waals surface area contributed by atoms with Crippen LogP contribution in [0.3, 0.4) is 0 Å². The van der Waals surface area contributed by atoms with Crippen molar-refractivity contribution in [2.45, 2.75) is 59.8 Å². The van der Waals surface area contributed by atoms with E-state index in [-0.39, 0.29) is 47.8 Å². The molecule has 0 aromatic heterocycles. The zero-order valence-electron chi connectivity index (χ0n) is 13.0. The van der Waals surface area contributed by atoms with E-state index in [2.05, 4.69) is 19.9 Å². The molecule has 133 valence electrons. The normalized spacial score (nSPS) is 22.4. The molecule has 23 heavy (non-hydrogen) atoms. The van der Waals surface area contributed by atoms with E-state index in [1.807, 2.05) is 6.08 Å². The van der Waals surface area contributed by atoms with Crippen LogP contribution < -0.4 is 0 Å². The zero-order chi connectivity index (χ0) is 15.1. The average molecular weight is 386 g/mol. The molecular formula is C17H28ClFO3V. The number of aliphatic carboxylic acids is 1. The van der Waals surface area contributed by atoms with Crippen molar-refractivity contribution in [1.82, 2.24) is 0 Å². The molecule has 0 bridgehead atoms. The van der Waals surface area contributed by atoms with Gasteiger partial charge in [0, 0.05) is 24.5 Å². The van der Waals surface area contributed by atoms with Gasteiger partial charge in [-0.25, -0.2) is 0 Å². The summed E-state index contributed by atoms with van der Waals surface area (Å²) in [6.45, 7) is 4.15. The van der Waals surface area contributed by atoms with E-state index in [9.17, 15) is 9.59 Å². The second kappa shape index (κ2) is 13.8. The molecule has 6 heteroatoms. The molecule has 2 aliphatic carbocycles. The van der Waals surface area contributed by atoms with Crippen LogP contribution in [0.25, 0.3) is 0 Å². The first-order valence-corrected chi connectivity index (χ1v) is 7.51. The minimum atomic E-state index is -0.649. The predicted octanol–water partition coefficient (Wildman–Crippen LogP) is 5.10. The fourth-order valence-electron chi connectivity index (χ4n) is 2.36. The standard InChI is InChI=1S/C8H11ClO.C8H12O2.CH4.FH.V/c2*1-6-2-4-7(5-3-6)8(9)10;;;/h2,7H,3-5H2,1H3;2,7H,3-5H2,1H3,(H,9,10);1H4;1H;/t2*7-;;;/m00.../s1. The summed E-state index contributed by atoms with van der Waals surface area (Å²) in [6, 6.07) is 0. The van der Waals surface area contributed by atoms with Gasteiger partial charge in [-0.05, 0) is 64.0 Å². The summed E-state index contributed by atoms with van der Waals surface area (Å²) in [5, 5.41) is 8.42. The third-order valence-electron chi connectivity index (χ3n) is 3.95. The van der Waals surface area contributed by atoms with E-state index in [1.165, 1.54) is 11.1 Å². The number of carbonyl (C=O) groups is 2. The van der Waals surface area contributed by atoms with Gasteiger partial charge in [0.15, 0.2) is 0 Å². The SMILES string of the molecule is C.CC1=CC[C@H](C(=O)Cl)CC1.CC1=CC[C@H](C(=O)O)CC1.F.[V]. The van der Waals surface area contributed by atoms with E-state index in [0.717, 1.165) is 38.5 Å². The van der Waals surface area contributed by atoms with Crippen LogP contribution in [0.4, 0.5) is 4.70 Å². The number of allylic oxidation sites excluding steroid dienone is 4. The van der Waals surface area contributed by atoms with E-state index in [4.69, 9.17) is 16.7 Å². The Hall–Kier alpha value is -0.576. The van der Waals surface area contributed by atoms with Crippen molar-refractivity contribution in [3.63, 3.8) is 0 Å². The van der Waals surface area contributed by atoms with E-state index in [1.54, 1.807) is 0 Å². The van der Waals surface area contributed by atoms with Gasteiger partial charge in [-0.2, -0.15) is 0 Å². The summed E-state index contributed by atoms with van der Waals surface area (Å²) in [7, 11) is 0. The Morgan fingerprint density at radius 2 is 1.43 bits per heavy atom. The van der Waals surface area contributed by atoms with Gasteiger partial charge in [-0.3, -0.25) is 14.3 Å². The molecule has 3 nitrogen and oxygen atoms in total. The van der Waals surface area contributed by atoms with Crippen LogP contribution in [0, 0.1) is 11.8 Å². The number of carbonyl (C=O) groups excluding carboxylic acids is 1. The summed E-state index contributed by atoms with van der Waals surface area (Å²) in [5.74, 6) is -0.683. The molecule has 0 fully saturated rings. The van der Waals surface area contributed by atoms with Crippen LogP contribution in [-0.2, 0) is 28.1 Å². The van der Waals surface area contributed by atoms with Crippen LogP contribution in [0.1, 0.15) is 59.8 Å². The molecule has 0 unspecified atom stereocenters. The molecular weight excluding hydrogens is 358 g/mol. The fraction of sp³-hybridized carbons (Fsp3) is 0.647. The number of halogens is 2. The van der Waals surface area contributed by atoms with E-state index < -0.39 is 5.97 Å². The topological polar surface area (TPSA) is 54.4 Å². The average Bonchev–Trinajstić information content (AvgIpc) is 2.40. The monoisotopic (exact) mass is 385 g/mol. The molecule has 0 saturated heterocycles. The van der Waals surface area contributed by atoms with Crippen molar-refractivity contribution >= 4 is 22.8 Å². The number of hydrogen-bond donors (Lipinski definition) is 1. The Kier molecular flexibility index (Phi) is 16.4. The Morgan fingerprint density at radius 3 is 1.70 bits per heavy atom. The van der Waals surface area contributed by atoms with Gasteiger partial charge in [-0.1, -0.05) is 30.7 Å². The number of carboxylic acids is 1. The van der Waals surface area contributed by atoms with Gasteiger partial charge in [0.2, 0.25) is 5.24 Å². The summed E-state index contributed by atoms with van der Waals surface area (Å²) < 4.78 is 0. The molecule has 0 spiro atoms. The van der Waals surface area contributed by atoms with Crippen LogP contribution >= 0.6 is 11.6 Å². The molecule has 2 atom stereocenters. The third-order valence-corrected chi connectivity index (χ3v) is 4.25. The predicted molar refractivity (Wildman–Crippen MR) is 89.9 cm³/mol. The van der Waals surface area contributed by atoms with Crippen LogP contribution in [-0.4, -0.2) is 16.3 Å². The number of hydrogen-bond acceptors (Lipinski definition) is 2. The first-order valence-electron chi connectivity index (χ1n) is 7.13. The second-order valence-corrected chi connectivity index (χ2v) is 6.06. The summed E-state index contributed by atoms with van der Waals surface area (Å²) in [5.41, 5.74) is 2.71. The summed E-state index contributed by atoms with van der Waals surface area (Å²) in [6.07, 6.45) is 9.44. The molecule has 0 aliphatic heterocycles. The van der Waals surface area contributed by atoms with Crippen molar-refractivity contribution in [1.29, 1.82) is 0 Å². The third kappa shape index (κ3) is 10.7. The maximum absolute atomic E-state index is 10.6. The molecule has 2 aliphatic rings. The van der Waals surface area contributed by atoms with Crippen LogP contribution in [0.15, 0.2) is 23.3 Å². The smallest absolute Gasteiger partial charge is 0.306 e. The number of carboxylic acid groups (broad SMARTS) is 1. The molecule has 0 amide bonds. The van der Waals surface area contributed by atoms with Gasteiger partial charge < -0.3 is 5.11 Å². The molecule has 0 saturated carbocycles. The summed E-state index contributed by atoms with van der Waals surface area (Å²) >= 11 is 5.34. The van der Waals surface area contributed by atoms with E-state index >= 15 is 0 Å². The largest absolute Gasteiger partial charge is 0.481 e. The fourth-order valence-corrected chi connectivity index (χ4v) is 2.56.